The topological polar surface area (TPSA) is 55.2 Å². The number of nitrogens with zero attached hydrogens (tertiary/aromatic N) is 1. The van der Waals surface area contributed by atoms with Gasteiger partial charge in [0.25, 0.3) is 0 Å². The second-order valence-electron chi connectivity index (χ2n) is 8.72. The van der Waals surface area contributed by atoms with Gasteiger partial charge in [-0.15, -0.1) is 0 Å². The highest BCUT2D eigenvalue weighted by atomic mass is 16.7. The first-order valence-electron chi connectivity index (χ1n) is 9.03. The molecule has 0 saturated carbocycles. The monoisotopic (exact) mass is 330 g/mol. The second kappa shape index (κ2) is 6.23. The molecule has 4 nitrogen and oxygen atoms in total. The third-order valence-corrected chi connectivity index (χ3v) is 5.35. The smallest absolute Gasteiger partial charge is 0.168 e. The van der Waals surface area contributed by atoms with Crippen molar-refractivity contribution >= 4 is 6.21 Å². The summed E-state index contributed by atoms with van der Waals surface area (Å²) < 4.78 is 12.3. The summed E-state index contributed by atoms with van der Waals surface area (Å²) in [6.45, 7) is 9.85. The Hall–Kier alpha value is -1.26. The summed E-state index contributed by atoms with van der Waals surface area (Å²) in [7, 11) is 0. The molecule has 1 aromatic rings. The van der Waals surface area contributed by atoms with Crippen molar-refractivity contribution < 1.29 is 9.47 Å². The number of hydrogen-bond donors (Lipinski definition) is 1. The number of ether oxygens (including phenoxy) is 2. The van der Waals surface area contributed by atoms with E-state index >= 15 is 0 Å². The summed E-state index contributed by atoms with van der Waals surface area (Å²) in [6.07, 6.45) is 8.21. The normalized spacial score (nSPS) is 31.2. The van der Waals surface area contributed by atoms with E-state index in [-0.39, 0.29) is 10.8 Å². The third kappa shape index (κ3) is 3.55. The summed E-state index contributed by atoms with van der Waals surface area (Å²) in [4.78, 5) is 4.75. The minimum atomic E-state index is -0.474. The van der Waals surface area contributed by atoms with Crippen molar-refractivity contribution in [2.75, 3.05) is 13.2 Å². The van der Waals surface area contributed by atoms with Crippen molar-refractivity contribution in [2.24, 2.45) is 5.41 Å². The zero-order valence-electron chi connectivity index (χ0n) is 15.4. The molecule has 1 saturated heterocycles. The Balaban J connectivity index is 1.78. The van der Waals surface area contributed by atoms with Crippen LogP contribution in [0.3, 0.4) is 0 Å². The average molecular weight is 330 g/mol. The molecule has 2 heterocycles. The molecule has 1 aliphatic carbocycles. The largest absolute Gasteiger partial charge is 0.349 e. The lowest BCUT2D eigenvalue weighted by Crippen LogP contribution is -2.49. The van der Waals surface area contributed by atoms with Gasteiger partial charge in [-0.05, 0) is 35.8 Å². The van der Waals surface area contributed by atoms with Crippen LogP contribution in [-0.4, -0.2) is 30.2 Å². The predicted molar refractivity (Wildman–Crippen MR) is 95.7 cm³/mol. The second-order valence-corrected chi connectivity index (χ2v) is 8.72. The van der Waals surface area contributed by atoms with Gasteiger partial charge in [0.2, 0.25) is 0 Å². The van der Waals surface area contributed by atoms with Crippen LogP contribution in [0.5, 0.6) is 0 Å². The third-order valence-electron chi connectivity index (χ3n) is 5.35. The van der Waals surface area contributed by atoms with E-state index in [1.807, 2.05) is 13.1 Å². The van der Waals surface area contributed by atoms with Crippen LogP contribution in [0.15, 0.2) is 12.3 Å². The first-order valence-corrected chi connectivity index (χ1v) is 9.03. The highest BCUT2D eigenvalue weighted by Gasteiger charge is 2.42. The van der Waals surface area contributed by atoms with Gasteiger partial charge in [0, 0.05) is 36.4 Å². The van der Waals surface area contributed by atoms with E-state index in [0.717, 1.165) is 32.1 Å². The van der Waals surface area contributed by atoms with E-state index < -0.39 is 5.79 Å². The number of nitrogens with one attached hydrogen (secondary N) is 1. The minimum Gasteiger partial charge on any atom is -0.349 e. The summed E-state index contributed by atoms with van der Waals surface area (Å²) in [5.74, 6) is -0.474. The average Bonchev–Trinajstić information content (AvgIpc) is 2.53. The molecule has 2 aliphatic rings. The Labute approximate surface area is 145 Å². The standard InChI is InChI=1S/C20H30N2O2/c1-18(2,3)16-10-15-7-9-20(8-5-6-17(15)22-11-16)23-13-19(4,12-21)14-24-20/h10-12,21H,5-9,13-14H2,1-4H3. The number of fused-ring (bicyclic) bond motifs is 1. The van der Waals surface area contributed by atoms with Crippen LogP contribution in [-0.2, 0) is 27.7 Å². The molecule has 1 fully saturated rings. The van der Waals surface area contributed by atoms with E-state index in [1.54, 1.807) is 0 Å². The molecule has 0 aromatic carbocycles. The van der Waals surface area contributed by atoms with Gasteiger partial charge in [-0.25, -0.2) is 0 Å². The van der Waals surface area contributed by atoms with Gasteiger partial charge >= 0.3 is 0 Å². The van der Waals surface area contributed by atoms with Gasteiger partial charge in [-0.3, -0.25) is 4.98 Å². The van der Waals surface area contributed by atoms with Crippen molar-refractivity contribution in [3.8, 4) is 0 Å². The number of aromatic nitrogens is 1. The first-order chi connectivity index (χ1) is 11.3. The van der Waals surface area contributed by atoms with Gasteiger partial charge in [0.1, 0.15) is 0 Å². The Morgan fingerprint density at radius 2 is 1.88 bits per heavy atom. The molecule has 1 aromatic heterocycles. The molecule has 0 bridgehead atoms. The molecule has 0 unspecified atom stereocenters. The van der Waals surface area contributed by atoms with E-state index in [9.17, 15) is 0 Å². The fraction of sp³-hybridized carbons (Fsp3) is 0.700. The summed E-state index contributed by atoms with van der Waals surface area (Å²) >= 11 is 0. The van der Waals surface area contributed by atoms with Crippen LogP contribution < -0.4 is 0 Å². The quantitative estimate of drug-likeness (QED) is 0.790. The number of hydrogen-bond acceptors (Lipinski definition) is 4. The van der Waals surface area contributed by atoms with Crippen LogP contribution in [0.2, 0.25) is 0 Å². The van der Waals surface area contributed by atoms with Gasteiger partial charge in [-0.2, -0.15) is 0 Å². The van der Waals surface area contributed by atoms with E-state index in [2.05, 4.69) is 26.8 Å². The van der Waals surface area contributed by atoms with Crippen molar-refractivity contribution in [2.45, 2.75) is 71.0 Å². The van der Waals surface area contributed by atoms with Crippen LogP contribution in [0, 0.1) is 10.8 Å². The van der Waals surface area contributed by atoms with Gasteiger partial charge < -0.3 is 14.9 Å². The van der Waals surface area contributed by atoms with Crippen LogP contribution in [0.4, 0.5) is 0 Å². The van der Waals surface area contributed by atoms with Gasteiger partial charge in [-0.1, -0.05) is 33.8 Å². The SMILES string of the molecule is CC1(C=N)COC2(CCCc3ncc(C(C)(C)C)cc3CC2)OC1. The summed E-state index contributed by atoms with van der Waals surface area (Å²) in [5.41, 5.74) is 3.70. The van der Waals surface area contributed by atoms with Gasteiger partial charge in [0.05, 0.1) is 13.2 Å². The summed E-state index contributed by atoms with van der Waals surface area (Å²) in [6, 6.07) is 2.33. The lowest BCUT2D eigenvalue weighted by atomic mass is 9.84. The van der Waals surface area contributed by atoms with Crippen LogP contribution in [0.25, 0.3) is 0 Å². The molecule has 1 N–H and O–H groups in total. The Bertz CT molecular complexity index is 611. The first kappa shape index (κ1) is 17.6. The summed E-state index contributed by atoms with van der Waals surface area (Å²) in [5, 5.41) is 7.56. The highest BCUT2D eigenvalue weighted by molar-refractivity contribution is 5.62. The van der Waals surface area contributed by atoms with Crippen molar-refractivity contribution in [1.29, 1.82) is 5.41 Å². The van der Waals surface area contributed by atoms with Crippen molar-refractivity contribution in [3.63, 3.8) is 0 Å². The van der Waals surface area contributed by atoms with E-state index in [0.29, 0.717) is 13.2 Å². The number of aryl methyl sites for hydroxylation is 2. The van der Waals surface area contributed by atoms with Crippen LogP contribution >= 0.6 is 0 Å². The maximum absolute atomic E-state index is 7.56. The predicted octanol–water partition coefficient (Wildman–Crippen LogP) is 4.05. The minimum absolute atomic E-state index is 0.117. The van der Waals surface area contributed by atoms with Crippen LogP contribution in [0.1, 0.15) is 63.8 Å². The Morgan fingerprint density at radius 3 is 2.50 bits per heavy atom. The molecule has 1 aliphatic heterocycles. The van der Waals surface area contributed by atoms with Crippen molar-refractivity contribution in [3.05, 3.63) is 29.1 Å². The maximum atomic E-state index is 7.56. The molecule has 1 spiro atoms. The van der Waals surface area contributed by atoms with Crippen molar-refractivity contribution in [1.82, 2.24) is 4.98 Å². The lowest BCUT2D eigenvalue weighted by molar-refractivity contribution is -0.296. The molecule has 0 amide bonds. The molecule has 3 rings (SSSR count). The Morgan fingerprint density at radius 1 is 1.17 bits per heavy atom. The van der Waals surface area contributed by atoms with E-state index in [4.69, 9.17) is 19.9 Å². The molecule has 132 valence electrons. The Kier molecular flexibility index (Phi) is 4.56. The zero-order valence-corrected chi connectivity index (χ0v) is 15.4. The molecular formula is C20H30N2O2. The molecule has 0 radical (unpaired) electrons. The molecule has 4 heteroatoms. The zero-order chi connectivity index (χ0) is 17.4. The van der Waals surface area contributed by atoms with E-state index in [1.165, 1.54) is 23.0 Å². The highest BCUT2D eigenvalue weighted by Crippen LogP contribution is 2.37. The lowest BCUT2D eigenvalue weighted by Gasteiger charge is -2.44. The number of pyridine rings is 1. The fourth-order valence-corrected chi connectivity index (χ4v) is 3.41. The number of rotatable bonds is 1. The van der Waals surface area contributed by atoms with Gasteiger partial charge in [0.15, 0.2) is 5.79 Å². The molecule has 24 heavy (non-hydrogen) atoms. The maximum Gasteiger partial charge on any atom is 0.168 e. The fourth-order valence-electron chi connectivity index (χ4n) is 3.41. The molecular weight excluding hydrogens is 300 g/mol. The molecule has 0 atom stereocenters.